The van der Waals surface area contributed by atoms with Crippen LogP contribution in [-0.4, -0.2) is 12.5 Å². The molecule has 2 N–H and O–H groups in total. The Morgan fingerprint density at radius 2 is 2.00 bits per heavy atom. The molecule has 1 heterocycles. The van der Waals surface area contributed by atoms with Gasteiger partial charge in [0.1, 0.15) is 0 Å². The number of halogens is 2. The first kappa shape index (κ1) is 16.6. The van der Waals surface area contributed by atoms with Crippen LogP contribution < -0.4 is 10.6 Å². The quantitative estimate of drug-likeness (QED) is 0.899. The molecule has 3 rings (SSSR count). The van der Waals surface area contributed by atoms with E-state index in [4.69, 9.17) is 5.73 Å². The van der Waals surface area contributed by atoms with Gasteiger partial charge in [-0.1, -0.05) is 23.8 Å². The summed E-state index contributed by atoms with van der Waals surface area (Å²) < 4.78 is 28.7. The monoisotopic (exact) mass is 330 g/mol. The van der Waals surface area contributed by atoms with E-state index >= 15 is 0 Å². The predicted molar refractivity (Wildman–Crippen MR) is 90.4 cm³/mol. The number of aryl methyl sites for hydroxylation is 1. The zero-order chi connectivity index (χ0) is 17.5. The van der Waals surface area contributed by atoms with E-state index in [1.165, 1.54) is 11.0 Å². The molecule has 126 valence electrons. The number of fused-ring (bicyclic) bond motifs is 1. The van der Waals surface area contributed by atoms with Crippen molar-refractivity contribution in [1.82, 2.24) is 0 Å². The van der Waals surface area contributed by atoms with Gasteiger partial charge >= 0.3 is 0 Å². The molecule has 0 aliphatic carbocycles. The first-order valence-electron chi connectivity index (χ1n) is 7.96. The van der Waals surface area contributed by atoms with E-state index < -0.39 is 5.92 Å². The maximum atomic E-state index is 14.4. The van der Waals surface area contributed by atoms with E-state index in [1.807, 2.05) is 13.0 Å². The van der Waals surface area contributed by atoms with Crippen molar-refractivity contribution in [3.05, 3.63) is 64.7 Å². The normalized spacial score (nSPS) is 17.3. The lowest BCUT2D eigenvalue weighted by Gasteiger charge is -2.34. The van der Waals surface area contributed by atoms with Crippen LogP contribution in [0.2, 0.25) is 0 Å². The van der Waals surface area contributed by atoms with Crippen LogP contribution in [0.1, 0.15) is 46.4 Å². The number of nitrogens with two attached hydrogens (primary N) is 1. The van der Waals surface area contributed by atoms with Gasteiger partial charge in [-0.15, -0.1) is 0 Å². The molecular weight excluding hydrogens is 310 g/mol. The van der Waals surface area contributed by atoms with Gasteiger partial charge in [0.2, 0.25) is 0 Å². The summed E-state index contributed by atoms with van der Waals surface area (Å²) in [6.07, 6.45) is -0.389. The maximum Gasteiger partial charge on any atom is 0.276 e. The standard InChI is InChI=1S/C19H20F2N2O/c1-12-4-3-5-15(10-12)18(24)23-9-8-19(20,21)16-11-14(13(2)22)6-7-17(16)23/h3-7,10-11,13H,8-9,22H2,1-2H3. The third-order valence-electron chi connectivity index (χ3n) is 4.39. The molecule has 1 aliphatic rings. The molecule has 0 fully saturated rings. The lowest BCUT2D eigenvalue weighted by atomic mass is 9.93. The Bertz CT molecular complexity index is 787. The second-order valence-corrected chi connectivity index (χ2v) is 6.35. The van der Waals surface area contributed by atoms with Crippen molar-refractivity contribution in [2.45, 2.75) is 32.2 Å². The molecule has 0 bridgehead atoms. The van der Waals surface area contributed by atoms with Gasteiger partial charge in [-0.3, -0.25) is 4.79 Å². The van der Waals surface area contributed by atoms with Crippen LogP contribution in [0, 0.1) is 6.92 Å². The van der Waals surface area contributed by atoms with E-state index in [-0.39, 0.29) is 36.2 Å². The number of benzene rings is 2. The largest absolute Gasteiger partial charge is 0.324 e. The van der Waals surface area contributed by atoms with Crippen molar-refractivity contribution in [1.29, 1.82) is 0 Å². The minimum atomic E-state index is -2.95. The number of hydrogen-bond donors (Lipinski definition) is 1. The number of carbonyl (C=O) groups is 1. The Morgan fingerprint density at radius 3 is 2.67 bits per heavy atom. The van der Waals surface area contributed by atoms with Crippen molar-refractivity contribution in [3.8, 4) is 0 Å². The molecule has 2 aromatic rings. The van der Waals surface area contributed by atoms with E-state index in [1.54, 1.807) is 37.3 Å². The highest BCUT2D eigenvalue weighted by Crippen LogP contribution is 2.43. The van der Waals surface area contributed by atoms with E-state index in [9.17, 15) is 13.6 Å². The van der Waals surface area contributed by atoms with Gasteiger partial charge < -0.3 is 10.6 Å². The van der Waals surface area contributed by atoms with Gasteiger partial charge in [0.25, 0.3) is 11.8 Å². The summed E-state index contributed by atoms with van der Waals surface area (Å²) in [4.78, 5) is 14.2. The molecule has 0 radical (unpaired) electrons. The van der Waals surface area contributed by atoms with Crippen molar-refractivity contribution in [2.24, 2.45) is 5.73 Å². The van der Waals surface area contributed by atoms with E-state index in [0.717, 1.165) is 5.56 Å². The second kappa shape index (κ2) is 5.98. The molecule has 0 saturated heterocycles. The highest BCUT2D eigenvalue weighted by atomic mass is 19.3. The Morgan fingerprint density at radius 1 is 1.25 bits per heavy atom. The summed E-state index contributed by atoms with van der Waals surface area (Å²) in [5, 5.41) is 0. The summed E-state index contributed by atoms with van der Waals surface area (Å²) in [7, 11) is 0. The molecule has 1 atom stereocenters. The fourth-order valence-corrected chi connectivity index (χ4v) is 3.02. The molecule has 5 heteroatoms. The number of hydrogen-bond acceptors (Lipinski definition) is 2. The Hall–Kier alpha value is -2.27. The third kappa shape index (κ3) is 2.91. The van der Waals surface area contributed by atoms with Crippen LogP contribution in [-0.2, 0) is 5.92 Å². The third-order valence-corrected chi connectivity index (χ3v) is 4.39. The predicted octanol–water partition coefficient (Wildman–Crippen LogP) is 4.16. The molecule has 24 heavy (non-hydrogen) atoms. The van der Waals surface area contributed by atoms with Crippen molar-refractivity contribution < 1.29 is 13.6 Å². The zero-order valence-electron chi connectivity index (χ0n) is 13.7. The number of alkyl halides is 2. The molecule has 1 unspecified atom stereocenters. The SMILES string of the molecule is Cc1cccc(C(=O)N2CCC(F)(F)c3cc(C(C)N)ccc32)c1. The van der Waals surface area contributed by atoms with Crippen molar-refractivity contribution >= 4 is 11.6 Å². The first-order valence-corrected chi connectivity index (χ1v) is 7.96. The highest BCUT2D eigenvalue weighted by molar-refractivity contribution is 6.07. The fourth-order valence-electron chi connectivity index (χ4n) is 3.02. The molecule has 2 aromatic carbocycles. The van der Waals surface area contributed by atoms with Gasteiger partial charge in [0.05, 0.1) is 5.69 Å². The average Bonchev–Trinajstić information content (AvgIpc) is 2.54. The van der Waals surface area contributed by atoms with Crippen LogP contribution in [0.15, 0.2) is 42.5 Å². The van der Waals surface area contributed by atoms with Crippen LogP contribution in [0.25, 0.3) is 0 Å². The summed E-state index contributed by atoms with van der Waals surface area (Å²) in [5.74, 6) is -3.21. The highest BCUT2D eigenvalue weighted by Gasteiger charge is 2.41. The molecule has 0 saturated carbocycles. The minimum Gasteiger partial charge on any atom is -0.324 e. The number of anilines is 1. The van der Waals surface area contributed by atoms with Crippen LogP contribution >= 0.6 is 0 Å². The van der Waals surface area contributed by atoms with E-state index in [0.29, 0.717) is 11.1 Å². The molecule has 0 spiro atoms. The van der Waals surface area contributed by atoms with Crippen LogP contribution in [0.3, 0.4) is 0 Å². The minimum absolute atomic E-state index is 0.00962. The number of carbonyl (C=O) groups excluding carboxylic acids is 1. The average molecular weight is 330 g/mol. The van der Waals surface area contributed by atoms with Crippen LogP contribution in [0.5, 0.6) is 0 Å². The molecule has 1 aliphatic heterocycles. The molecular formula is C19H20F2N2O. The summed E-state index contributed by atoms with van der Waals surface area (Å²) in [6.45, 7) is 3.63. The van der Waals surface area contributed by atoms with Gasteiger partial charge in [0, 0.05) is 30.1 Å². The topological polar surface area (TPSA) is 46.3 Å². The summed E-state index contributed by atoms with van der Waals surface area (Å²) >= 11 is 0. The number of rotatable bonds is 2. The van der Waals surface area contributed by atoms with Gasteiger partial charge in [-0.05, 0) is 43.7 Å². The Labute approximate surface area is 140 Å². The molecule has 3 nitrogen and oxygen atoms in total. The van der Waals surface area contributed by atoms with Gasteiger partial charge in [-0.25, -0.2) is 8.78 Å². The molecule has 0 aromatic heterocycles. The first-order chi connectivity index (χ1) is 11.3. The molecule has 1 amide bonds. The van der Waals surface area contributed by atoms with Crippen LogP contribution in [0.4, 0.5) is 14.5 Å². The summed E-state index contributed by atoms with van der Waals surface area (Å²) in [6, 6.07) is 11.5. The smallest absolute Gasteiger partial charge is 0.276 e. The van der Waals surface area contributed by atoms with Gasteiger partial charge in [-0.2, -0.15) is 0 Å². The maximum absolute atomic E-state index is 14.4. The van der Waals surface area contributed by atoms with Gasteiger partial charge in [0.15, 0.2) is 0 Å². The number of nitrogens with zero attached hydrogens (tertiary/aromatic N) is 1. The van der Waals surface area contributed by atoms with Crippen molar-refractivity contribution in [2.75, 3.05) is 11.4 Å². The second-order valence-electron chi connectivity index (χ2n) is 6.35. The lowest BCUT2D eigenvalue weighted by molar-refractivity contribution is -0.0147. The Balaban J connectivity index is 2.05. The van der Waals surface area contributed by atoms with Crippen molar-refractivity contribution in [3.63, 3.8) is 0 Å². The number of amides is 1. The van der Waals surface area contributed by atoms with E-state index in [2.05, 4.69) is 0 Å². The fraction of sp³-hybridized carbons (Fsp3) is 0.316. The summed E-state index contributed by atoms with van der Waals surface area (Å²) in [5.41, 5.74) is 8.05. The Kier molecular flexibility index (Phi) is 4.13. The lowest BCUT2D eigenvalue weighted by Crippen LogP contribution is -2.40. The zero-order valence-corrected chi connectivity index (χ0v) is 13.7.